The van der Waals surface area contributed by atoms with Crippen LogP contribution in [0.5, 0.6) is 11.5 Å². The van der Waals surface area contributed by atoms with Gasteiger partial charge < -0.3 is 19.7 Å². The molecule has 0 bridgehead atoms. The van der Waals surface area contributed by atoms with Crippen molar-refractivity contribution in [2.45, 2.75) is 13.2 Å². The first-order valence-electron chi connectivity index (χ1n) is 8.78. The van der Waals surface area contributed by atoms with Gasteiger partial charge in [-0.25, -0.2) is 4.98 Å². The molecule has 0 radical (unpaired) electrons. The number of carbonyl (C=O) groups excluding carboxylic acids is 1. The number of amides is 1. The second-order valence-electron chi connectivity index (χ2n) is 6.53. The molecule has 1 heterocycles. The number of nitrogens with one attached hydrogen (secondary N) is 1. The number of hydrogen-bond donors (Lipinski definition) is 1. The summed E-state index contributed by atoms with van der Waals surface area (Å²) in [6, 6.07) is 13.0. The molecule has 7 heteroatoms. The van der Waals surface area contributed by atoms with Gasteiger partial charge in [-0.05, 0) is 50.0 Å². The van der Waals surface area contributed by atoms with Gasteiger partial charge >= 0.3 is 0 Å². The Balaban J connectivity index is 1.69. The zero-order chi connectivity index (χ0) is 19.9. The molecule has 3 aromatic rings. The van der Waals surface area contributed by atoms with Crippen molar-refractivity contribution < 1.29 is 14.3 Å². The summed E-state index contributed by atoms with van der Waals surface area (Å²) < 4.78 is 11.2. The smallest absolute Gasteiger partial charge is 0.255 e. The second kappa shape index (κ2) is 9.34. The van der Waals surface area contributed by atoms with Crippen molar-refractivity contribution in [3.8, 4) is 11.5 Å². The fourth-order valence-corrected chi connectivity index (χ4v) is 3.25. The molecule has 3 rings (SSSR count). The first-order chi connectivity index (χ1) is 13.5. The molecule has 1 aromatic heterocycles. The van der Waals surface area contributed by atoms with Crippen LogP contribution in [-0.2, 0) is 13.2 Å². The van der Waals surface area contributed by atoms with Gasteiger partial charge in [0.15, 0.2) is 11.5 Å². The lowest BCUT2D eigenvalue weighted by Gasteiger charge is -2.13. The minimum atomic E-state index is -0.202. The molecule has 0 aliphatic heterocycles. The highest BCUT2D eigenvalue weighted by molar-refractivity contribution is 7.07. The molecule has 0 fully saturated rings. The van der Waals surface area contributed by atoms with Crippen molar-refractivity contribution >= 4 is 22.9 Å². The van der Waals surface area contributed by atoms with E-state index < -0.39 is 0 Å². The van der Waals surface area contributed by atoms with Crippen LogP contribution in [0.3, 0.4) is 0 Å². The molecule has 2 aromatic carbocycles. The van der Waals surface area contributed by atoms with E-state index in [9.17, 15) is 4.79 Å². The Hall–Kier alpha value is -2.90. The molecule has 1 amide bonds. The Bertz CT molecular complexity index is 926. The third-order valence-corrected chi connectivity index (χ3v) is 4.60. The fraction of sp³-hybridized carbons (Fsp3) is 0.238. The van der Waals surface area contributed by atoms with Gasteiger partial charge in [0.2, 0.25) is 0 Å². The third kappa shape index (κ3) is 5.31. The van der Waals surface area contributed by atoms with Gasteiger partial charge in [0.1, 0.15) is 6.61 Å². The van der Waals surface area contributed by atoms with Gasteiger partial charge in [-0.1, -0.05) is 12.1 Å². The quantitative estimate of drug-likeness (QED) is 0.621. The average molecular weight is 398 g/mol. The van der Waals surface area contributed by atoms with Gasteiger partial charge in [0.25, 0.3) is 5.91 Å². The summed E-state index contributed by atoms with van der Waals surface area (Å²) in [5.74, 6) is 0.871. The van der Waals surface area contributed by atoms with Gasteiger partial charge in [-0.3, -0.25) is 4.79 Å². The lowest BCUT2D eigenvalue weighted by atomic mass is 10.1. The van der Waals surface area contributed by atoms with Gasteiger partial charge in [0.05, 0.1) is 18.3 Å². The Morgan fingerprint density at radius 2 is 2.04 bits per heavy atom. The maximum Gasteiger partial charge on any atom is 0.255 e. The van der Waals surface area contributed by atoms with Crippen molar-refractivity contribution in [2.24, 2.45) is 0 Å². The van der Waals surface area contributed by atoms with Gasteiger partial charge in [-0.15, -0.1) is 11.3 Å². The number of methoxy groups -OCH3 is 1. The zero-order valence-corrected chi connectivity index (χ0v) is 17.0. The SMILES string of the molecule is COc1cc(C(=O)Nc2cccc(CN(C)C)c2)ccc1OCc1cscn1. The van der Waals surface area contributed by atoms with Crippen LogP contribution in [-0.4, -0.2) is 37.0 Å². The number of nitrogens with zero attached hydrogens (tertiary/aromatic N) is 2. The van der Waals surface area contributed by atoms with Crippen molar-refractivity contribution in [1.82, 2.24) is 9.88 Å². The fourth-order valence-electron chi connectivity index (χ4n) is 2.70. The van der Waals surface area contributed by atoms with Crippen LogP contribution >= 0.6 is 11.3 Å². The van der Waals surface area contributed by atoms with E-state index in [4.69, 9.17) is 9.47 Å². The van der Waals surface area contributed by atoms with Crippen molar-refractivity contribution in [1.29, 1.82) is 0 Å². The molecule has 0 unspecified atom stereocenters. The minimum Gasteiger partial charge on any atom is -0.493 e. The number of benzene rings is 2. The largest absolute Gasteiger partial charge is 0.493 e. The molecule has 0 saturated heterocycles. The summed E-state index contributed by atoms with van der Waals surface area (Å²) in [6.07, 6.45) is 0. The lowest BCUT2D eigenvalue weighted by Crippen LogP contribution is -2.14. The first-order valence-corrected chi connectivity index (χ1v) is 9.72. The minimum absolute atomic E-state index is 0.202. The van der Waals surface area contributed by atoms with Crippen LogP contribution in [0.15, 0.2) is 53.4 Å². The zero-order valence-electron chi connectivity index (χ0n) is 16.1. The number of carbonyl (C=O) groups is 1. The molecule has 0 aliphatic carbocycles. The maximum absolute atomic E-state index is 12.6. The van der Waals surface area contributed by atoms with E-state index in [1.54, 1.807) is 30.8 Å². The van der Waals surface area contributed by atoms with Crippen molar-refractivity contribution in [3.63, 3.8) is 0 Å². The normalized spacial score (nSPS) is 10.7. The van der Waals surface area contributed by atoms with E-state index >= 15 is 0 Å². The molecular weight excluding hydrogens is 374 g/mol. The van der Waals surface area contributed by atoms with E-state index in [0.717, 1.165) is 23.5 Å². The number of thiazole rings is 1. The molecule has 28 heavy (non-hydrogen) atoms. The van der Waals surface area contributed by atoms with E-state index in [1.807, 2.05) is 43.7 Å². The van der Waals surface area contributed by atoms with Crippen LogP contribution in [0.4, 0.5) is 5.69 Å². The number of rotatable bonds is 8. The molecule has 0 atom stereocenters. The monoisotopic (exact) mass is 397 g/mol. The lowest BCUT2D eigenvalue weighted by molar-refractivity contribution is 0.102. The highest BCUT2D eigenvalue weighted by Crippen LogP contribution is 2.29. The molecular formula is C21H23N3O3S. The first kappa shape index (κ1) is 19.9. The number of ether oxygens (including phenoxy) is 2. The van der Waals surface area contributed by atoms with E-state index in [2.05, 4.69) is 15.2 Å². The van der Waals surface area contributed by atoms with E-state index in [-0.39, 0.29) is 5.91 Å². The molecule has 6 nitrogen and oxygen atoms in total. The number of hydrogen-bond acceptors (Lipinski definition) is 6. The summed E-state index contributed by atoms with van der Waals surface area (Å²) >= 11 is 1.52. The van der Waals surface area contributed by atoms with Crippen LogP contribution in [0.1, 0.15) is 21.6 Å². The highest BCUT2D eigenvalue weighted by Gasteiger charge is 2.12. The second-order valence-corrected chi connectivity index (χ2v) is 7.25. The third-order valence-electron chi connectivity index (χ3n) is 3.97. The Morgan fingerprint density at radius 3 is 2.75 bits per heavy atom. The topological polar surface area (TPSA) is 63.7 Å². The van der Waals surface area contributed by atoms with Gasteiger partial charge in [0, 0.05) is 23.2 Å². The van der Waals surface area contributed by atoms with Crippen LogP contribution in [0.2, 0.25) is 0 Å². The van der Waals surface area contributed by atoms with E-state index in [1.165, 1.54) is 11.3 Å². The molecule has 1 N–H and O–H groups in total. The highest BCUT2D eigenvalue weighted by atomic mass is 32.1. The number of aromatic nitrogens is 1. The van der Waals surface area contributed by atoms with Crippen LogP contribution in [0, 0.1) is 0 Å². The standard InChI is InChI=1S/C21H23N3O3S/c1-24(2)11-15-5-4-6-17(9-15)23-21(25)16-7-8-19(20(10-16)26-3)27-12-18-13-28-14-22-18/h4-10,13-14H,11-12H2,1-3H3,(H,23,25). The summed E-state index contributed by atoms with van der Waals surface area (Å²) in [6.45, 7) is 1.16. The summed E-state index contributed by atoms with van der Waals surface area (Å²) in [5, 5.41) is 4.86. The van der Waals surface area contributed by atoms with Gasteiger partial charge in [-0.2, -0.15) is 0 Å². The van der Waals surface area contributed by atoms with Crippen LogP contribution in [0.25, 0.3) is 0 Å². The maximum atomic E-state index is 12.6. The number of anilines is 1. The van der Waals surface area contributed by atoms with Crippen molar-refractivity contribution in [3.05, 3.63) is 70.2 Å². The summed E-state index contributed by atoms with van der Waals surface area (Å²) in [7, 11) is 5.57. The van der Waals surface area contributed by atoms with Crippen molar-refractivity contribution in [2.75, 3.05) is 26.5 Å². The molecule has 146 valence electrons. The van der Waals surface area contributed by atoms with E-state index in [0.29, 0.717) is 23.7 Å². The van der Waals surface area contributed by atoms with Crippen LogP contribution < -0.4 is 14.8 Å². The molecule has 0 aliphatic rings. The summed E-state index contributed by atoms with van der Waals surface area (Å²) in [5.41, 5.74) is 5.00. The average Bonchev–Trinajstić information content (AvgIpc) is 3.19. The summed E-state index contributed by atoms with van der Waals surface area (Å²) in [4.78, 5) is 18.9. The Kier molecular flexibility index (Phi) is 6.62. The Morgan fingerprint density at radius 1 is 1.18 bits per heavy atom. The predicted molar refractivity (Wildman–Crippen MR) is 111 cm³/mol. The molecule has 0 saturated carbocycles. The predicted octanol–water partition coefficient (Wildman–Crippen LogP) is 4.04. The Labute approximate surface area is 168 Å². The molecule has 0 spiro atoms.